The summed E-state index contributed by atoms with van der Waals surface area (Å²) in [5.74, 6) is 0.404. The number of sulfonamides is 1. The van der Waals surface area contributed by atoms with Crippen LogP contribution >= 0.6 is 0 Å². The van der Waals surface area contributed by atoms with Crippen LogP contribution < -0.4 is 5.32 Å². The van der Waals surface area contributed by atoms with E-state index < -0.39 is 10.0 Å². The monoisotopic (exact) mass is 303 g/mol. The van der Waals surface area contributed by atoms with Gasteiger partial charge in [-0.05, 0) is 19.1 Å². The third kappa shape index (κ3) is 3.81. The molecule has 0 radical (unpaired) electrons. The van der Waals surface area contributed by atoms with Gasteiger partial charge in [-0.25, -0.2) is 12.7 Å². The number of hydrogen-bond acceptors (Lipinski definition) is 5. The number of nitrogens with one attached hydrogen (secondary N) is 1. The molecule has 8 heteroatoms. The highest BCUT2D eigenvalue weighted by atomic mass is 32.2. The Morgan fingerprint density at radius 1 is 1.30 bits per heavy atom. The number of rotatable bonds is 6. The molecule has 114 valence electrons. The largest absolute Gasteiger partial charge is 0.447 e. The minimum absolute atomic E-state index is 0.0577. The molecule has 0 bridgehead atoms. The van der Waals surface area contributed by atoms with Gasteiger partial charge in [0.1, 0.15) is 5.76 Å². The summed E-state index contributed by atoms with van der Waals surface area (Å²) in [6.45, 7) is 2.02. The number of furan rings is 1. The van der Waals surface area contributed by atoms with Gasteiger partial charge in [-0.3, -0.25) is 10.1 Å². The summed E-state index contributed by atoms with van der Waals surface area (Å²) in [6, 6.07) is 2.62. The van der Waals surface area contributed by atoms with Crippen molar-refractivity contribution in [3.63, 3.8) is 0 Å². The summed E-state index contributed by atoms with van der Waals surface area (Å²) in [6.07, 6.45) is 0. The molecule has 1 unspecified atom stereocenters. The Labute approximate surface area is 119 Å². The molecule has 1 aromatic rings. The second kappa shape index (κ2) is 6.38. The van der Waals surface area contributed by atoms with Crippen LogP contribution in [0.25, 0.3) is 0 Å². The van der Waals surface area contributed by atoms with Crippen molar-refractivity contribution < 1.29 is 17.6 Å². The summed E-state index contributed by atoms with van der Waals surface area (Å²) in [5.41, 5.74) is 0. The normalized spacial score (nSPS) is 13.5. The predicted molar refractivity (Wildman–Crippen MR) is 74.6 cm³/mol. The summed E-state index contributed by atoms with van der Waals surface area (Å²) >= 11 is 0. The van der Waals surface area contributed by atoms with Crippen LogP contribution in [0.5, 0.6) is 0 Å². The van der Waals surface area contributed by atoms with E-state index in [0.29, 0.717) is 5.76 Å². The van der Waals surface area contributed by atoms with E-state index in [2.05, 4.69) is 5.32 Å². The molecule has 1 N–H and O–H groups in total. The summed E-state index contributed by atoms with van der Waals surface area (Å²) < 4.78 is 30.0. The second-order valence-electron chi connectivity index (χ2n) is 4.84. The molecule has 1 atom stereocenters. The Morgan fingerprint density at radius 3 is 2.40 bits per heavy atom. The summed E-state index contributed by atoms with van der Waals surface area (Å²) in [4.78, 5) is 13.1. The maximum Gasteiger partial charge on any atom is 0.275 e. The number of nitrogens with zero attached hydrogens (tertiary/aromatic N) is 2. The fraction of sp³-hybridized carbons (Fsp3) is 0.583. The lowest BCUT2D eigenvalue weighted by atomic mass is 10.3. The molecule has 20 heavy (non-hydrogen) atoms. The van der Waals surface area contributed by atoms with E-state index in [9.17, 15) is 13.2 Å². The van der Waals surface area contributed by atoms with Gasteiger partial charge >= 0.3 is 0 Å². The Balaban J connectivity index is 2.69. The maximum atomic E-state index is 11.8. The smallest absolute Gasteiger partial charge is 0.275 e. The van der Waals surface area contributed by atoms with Crippen molar-refractivity contribution in [3.8, 4) is 0 Å². The lowest BCUT2D eigenvalue weighted by molar-refractivity contribution is -0.130. The SMILES string of the molecule is CC(NCc1ccc(S(=O)(=O)N(C)C)o1)C(=O)N(C)C. The zero-order valence-electron chi connectivity index (χ0n) is 12.4. The molecule has 0 spiro atoms. The quantitative estimate of drug-likeness (QED) is 0.805. The van der Waals surface area contributed by atoms with Crippen LogP contribution in [0, 0.1) is 0 Å². The van der Waals surface area contributed by atoms with Crippen LogP contribution in [0.2, 0.25) is 0 Å². The van der Waals surface area contributed by atoms with E-state index >= 15 is 0 Å². The molecule has 0 saturated heterocycles. The van der Waals surface area contributed by atoms with Gasteiger partial charge in [0.15, 0.2) is 0 Å². The molecule has 1 amide bonds. The third-order valence-electron chi connectivity index (χ3n) is 2.77. The van der Waals surface area contributed by atoms with E-state index in [1.165, 1.54) is 25.1 Å². The fourth-order valence-electron chi connectivity index (χ4n) is 1.50. The third-order valence-corrected chi connectivity index (χ3v) is 4.45. The minimum atomic E-state index is -3.56. The van der Waals surface area contributed by atoms with Crippen LogP contribution in [0.15, 0.2) is 21.6 Å². The lowest BCUT2D eigenvalue weighted by Crippen LogP contribution is -2.41. The molecule has 1 aromatic heterocycles. The van der Waals surface area contributed by atoms with Crippen molar-refractivity contribution in [2.24, 2.45) is 0 Å². The first-order chi connectivity index (χ1) is 9.16. The number of hydrogen-bond donors (Lipinski definition) is 1. The zero-order chi connectivity index (χ0) is 15.5. The Bertz CT molecular complexity index is 563. The average Bonchev–Trinajstić information content (AvgIpc) is 2.83. The molecule has 0 saturated carbocycles. The van der Waals surface area contributed by atoms with Crippen LogP contribution in [0.4, 0.5) is 0 Å². The van der Waals surface area contributed by atoms with E-state index in [-0.39, 0.29) is 23.6 Å². The lowest BCUT2D eigenvalue weighted by Gasteiger charge is -2.17. The minimum Gasteiger partial charge on any atom is -0.447 e. The van der Waals surface area contributed by atoms with E-state index in [4.69, 9.17) is 4.42 Å². The number of likely N-dealkylation sites (N-methyl/N-ethyl adjacent to an activating group) is 1. The van der Waals surface area contributed by atoms with Gasteiger partial charge < -0.3 is 9.32 Å². The maximum absolute atomic E-state index is 11.8. The Morgan fingerprint density at radius 2 is 1.90 bits per heavy atom. The van der Waals surface area contributed by atoms with Crippen molar-refractivity contribution in [1.29, 1.82) is 0 Å². The summed E-state index contributed by atoms with van der Waals surface area (Å²) in [7, 11) is 2.67. The van der Waals surface area contributed by atoms with Crippen LogP contribution in [0.3, 0.4) is 0 Å². The van der Waals surface area contributed by atoms with Crippen molar-refractivity contribution in [1.82, 2.24) is 14.5 Å². The van der Waals surface area contributed by atoms with Crippen LogP contribution in [-0.2, 0) is 21.4 Å². The highest BCUT2D eigenvalue weighted by molar-refractivity contribution is 7.88. The molecule has 7 nitrogen and oxygen atoms in total. The van der Waals surface area contributed by atoms with E-state index in [1.807, 2.05) is 0 Å². The van der Waals surface area contributed by atoms with Crippen molar-refractivity contribution >= 4 is 15.9 Å². The zero-order valence-corrected chi connectivity index (χ0v) is 13.2. The van der Waals surface area contributed by atoms with Gasteiger partial charge in [0.2, 0.25) is 11.0 Å². The average molecular weight is 303 g/mol. The molecule has 0 aliphatic rings. The number of amides is 1. The number of carbonyl (C=O) groups is 1. The van der Waals surface area contributed by atoms with Gasteiger partial charge in [0, 0.05) is 28.2 Å². The van der Waals surface area contributed by atoms with Crippen LogP contribution in [-0.4, -0.2) is 57.8 Å². The first-order valence-corrected chi connectivity index (χ1v) is 7.56. The van der Waals surface area contributed by atoms with Gasteiger partial charge in [0.05, 0.1) is 12.6 Å². The predicted octanol–water partition coefficient (Wildman–Crippen LogP) is 0.0962. The second-order valence-corrected chi connectivity index (χ2v) is 6.93. The molecule has 1 heterocycles. The fourth-order valence-corrected chi connectivity index (χ4v) is 2.31. The van der Waals surface area contributed by atoms with E-state index in [1.54, 1.807) is 27.1 Å². The molecule has 0 aliphatic carbocycles. The molecule has 0 fully saturated rings. The van der Waals surface area contributed by atoms with Gasteiger partial charge in [-0.2, -0.15) is 0 Å². The van der Waals surface area contributed by atoms with Gasteiger partial charge in [-0.1, -0.05) is 0 Å². The first kappa shape index (κ1) is 16.7. The molecular formula is C12H21N3O4S. The summed E-state index contributed by atoms with van der Waals surface area (Å²) in [5, 5.41) is 2.87. The van der Waals surface area contributed by atoms with E-state index in [0.717, 1.165) is 4.31 Å². The molecule has 1 rings (SSSR count). The Kier molecular flexibility index (Phi) is 5.32. The van der Waals surface area contributed by atoms with Gasteiger partial charge in [-0.15, -0.1) is 0 Å². The van der Waals surface area contributed by atoms with Gasteiger partial charge in [0.25, 0.3) is 10.0 Å². The molecular weight excluding hydrogens is 282 g/mol. The van der Waals surface area contributed by atoms with Crippen molar-refractivity contribution in [3.05, 3.63) is 17.9 Å². The highest BCUT2D eigenvalue weighted by Gasteiger charge is 2.22. The highest BCUT2D eigenvalue weighted by Crippen LogP contribution is 2.16. The topological polar surface area (TPSA) is 82.9 Å². The molecule has 0 aromatic carbocycles. The number of carbonyl (C=O) groups excluding carboxylic acids is 1. The van der Waals surface area contributed by atoms with Crippen LogP contribution in [0.1, 0.15) is 12.7 Å². The first-order valence-electron chi connectivity index (χ1n) is 6.12. The van der Waals surface area contributed by atoms with Crippen molar-refractivity contribution in [2.45, 2.75) is 24.6 Å². The standard InChI is InChI=1S/C12H21N3O4S/c1-9(12(16)14(2)3)13-8-10-6-7-11(19-10)20(17,18)15(4)5/h6-7,9,13H,8H2,1-5H3. The Hall–Kier alpha value is -1.38. The molecule has 0 aliphatic heterocycles. The van der Waals surface area contributed by atoms with Crippen molar-refractivity contribution in [2.75, 3.05) is 28.2 Å².